The molecule has 0 bridgehead atoms. The molecule has 8 nitrogen and oxygen atoms in total. The number of ether oxygens (including phenoxy) is 1. The first-order valence-corrected chi connectivity index (χ1v) is 15.0. The summed E-state index contributed by atoms with van der Waals surface area (Å²) in [6.45, 7) is 2.61. The first kappa shape index (κ1) is 26.7. The smallest absolute Gasteiger partial charge is 0.243 e. The number of benzene rings is 3. The van der Waals surface area contributed by atoms with E-state index in [1.807, 2.05) is 18.2 Å². The second kappa shape index (κ2) is 10.1. The maximum absolute atomic E-state index is 13.6. The van der Waals surface area contributed by atoms with Gasteiger partial charge in [0.2, 0.25) is 15.9 Å². The fourth-order valence-corrected chi connectivity index (χ4v) is 7.74. The average molecular weight is 570 g/mol. The van der Waals surface area contributed by atoms with Crippen molar-refractivity contribution in [1.29, 1.82) is 0 Å². The Morgan fingerprint density at radius 3 is 2.41 bits per heavy atom. The Morgan fingerprint density at radius 2 is 1.67 bits per heavy atom. The van der Waals surface area contributed by atoms with Gasteiger partial charge in [-0.1, -0.05) is 54.1 Å². The standard InChI is InChI=1S/C29H32ClN3O5S/c30-25-8-6-24-15-26(9-7-23(24)14-25)39(36,37)32-17-27(35)33-18-28(21-38-29(33,19-32)20-34)10-12-31(13-11-28)16-22-4-2-1-3-5-22/h1-9,14-15,34H,10-13,16-21H2. The van der Waals surface area contributed by atoms with Gasteiger partial charge in [-0.15, -0.1) is 0 Å². The van der Waals surface area contributed by atoms with Crippen molar-refractivity contribution in [2.45, 2.75) is 30.0 Å². The van der Waals surface area contributed by atoms with Gasteiger partial charge in [-0.3, -0.25) is 9.69 Å². The molecule has 1 N–H and O–H groups in total. The molecule has 1 unspecified atom stereocenters. The fourth-order valence-electron chi connectivity index (χ4n) is 6.09. The highest BCUT2D eigenvalue weighted by Gasteiger charge is 2.56. The Kier molecular flexibility index (Phi) is 6.94. The number of carbonyl (C=O) groups is 1. The predicted octanol–water partition coefficient (Wildman–Crippen LogP) is 3.33. The number of aliphatic hydroxyl groups excluding tert-OH is 1. The average Bonchev–Trinajstić information content (AvgIpc) is 2.95. The van der Waals surface area contributed by atoms with Crippen molar-refractivity contribution >= 4 is 38.3 Å². The lowest BCUT2D eigenvalue weighted by Crippen LogP contribution is -2.73. The van der Waals surface area contributed by atoms with E-state index < -0.39 is 22.4 Å². The lowest BCUT2D eigenvalue weighted by atomic mass is 9.76. The molecule has 3 aromatic rings. The number of piperidine rings is 1. The Hall–Kier alpha value is -2.53. The number of aliphatic hydroxyl groups is 1. The summed E-state index contributed by atoms with van der Waals surface area (Å²) in [7, 11) is -4.01. The Labute approximate surface area is 233 Å². The van der Waals surface area contributed by atoms with Crippen molar-refractivity contribution in [2.24, 2.45) is 5.41 Å². The van der Waals surface area contributed by atoms with E-state index in [9.17, 15) is 18.3 Å². The van der Waals surface area contributed by atoms with Crippen LogP contribution in [-0.2, 0) is 26.1 Å². The Balaban J connectivity index is 1.18. The van der Waals surface area contributed by atoms with Crippen LogP contribution in [0.15, 0.2) is 71.6 Å². The van der Waals surface area contributed by atoms with E-state index >= 15 is 0 Å². The van der Waals surface area contributed by atoms with E-state index in [2.05, 4.69) is 17.0 Å². The van der Waals surface area contributed by atoms with E-state index in [1.165, 1.54) is 11.6 Å². The van der Waals surface area contributed by atoms with Crippen LogP contribution in [-0.4, -0.2) is 85.2 Å². The zero-order chi connectivity index (χ0) is 27.3. The monoisotopic (exact) mass is 569 g/mol. The molecule has 0 saturated carbocycles. The number of sulfonamides is 1. The molecule has 3 aliphatic heterocycles. The zero-order valence-electron chi connectivity index (χ0n) is 21.6. The number of piperazine rings is 1. The van der Waals surface area contributed by atoms with Gasteiger partial charge in [0.1, 0.15) is 0 Å². The number of halogens is 1. The first-order valence-electron chi connectivity index (χ1n) is 13.2. The lowest BCUT2D eigenvalue weighted by molar-refractivity contribution is -0.256. The first-order chi connectivity index (χ1) is 18.7. The van der Waals surface area contributed by atoms with Crippen LogP contribution in [0.5, 0.6) is 0 Å². The SMILES string of the molecule is O=C1CN(S(=O)(=O)c2ccc3cc(Cl)ccc3c2)CC2(CO)OCC3(CCN(Cc4ccccc4)CC3)CN12. The topological polar surface area (TPSA) is 90.4 Å². The van der Waals surface area contributed by atoms with E-state index in [-0.39, 0.29) is 29.3 Å². The van der Waals surface area contributed by atoms with Crippen molar-refractivity contribution in [3.05, 3.63) is 77.3 Å². The molecule has 3 aliphatic rings. The van der Waals surface area contributed by atoms with Gasteiger partial charge in [0.05, 0.1) is 31.2 Å². The van der Waals surface area contributed by atoms with Gasteiger partial charge in [-0.25, -0.2) is 8.42 Å². The lowest BCUT2D eigenvalue weighted by Gasteiger charge is -2.57. The van der Waals surface area contributed by atoms with Crippen LogP contribution in [0.2, 0.25) is 5.02 Å². The summed E-state index contributed by atoms with van der Waals surface area (Å²) in [5.41, 5.74) is -0.322. The van der Waals surface area contributed by atoms with Gasteiger partial charge >= 0.3 is 0 Å². The van der Waals surface area contributed by atoms with Crippen LogP contribution in [0.25, 0.3) is 10.8 Å². The molecule has 3 heterocycles. The minimum absolute atomic E-state index is 0.0877. The molecular weight excluding hydrogens is 538 g/mol. The van der Waals surface area contributed by atoms with Crippen LogP contribution < -0.4 is 0 Å². The molecule has 0 aliphatic carbocycles. The number of hydrogen-bond acceptors (Lipinski definition) is 6. The van der Waals surface area contributed by atoms with Crippen LogP contribution >= 0.6 is 11.6 Å². The highest BCUT2D eigenvalue weighted by molar-refractivity contribution is 7.89. The molecule has 1 amide bonds. The van der Waals surface area contributed by atoms with Crippen molar-refractivity contribution in [3.63, 3.8) is 0 Å². The molecule has 0 aromatic heterocycles. The summed E-state index contributed by atoms with van der Waals surface area (Å²) in [6, 6.07) is 20.4. The van der Waals surface area contributed by atoms with Crippen LogP contribution in [0.3, 0.4) is 0 Å². The highest BCUT2D eigenvalue weighted by Crippen LogP contribution is 2.42. The normalized spacial score (nSPS) is 24.3. The van der Waals surface area contributed by atoms with Crippen molar-refractivity contribution in [1.82, 2.24) is 14.1 Å². The number of nitrogens with zero attached hydrogens (tertiary/aromatic N) is 3. The summed E-state index contributed by atoms with van der Waals surface area (Å²) in [5.74, 6) is -0.350. The molecular formula is C29H32ClN3O5S. The number of hydrogen-bond donors (Lipinski definition) is 1. The number of fused-ring (bicyclic) bond motifs is 2. The third-order valence-electron chi connectivity index (χ3n) is 8.49. The van der Waals surface area contributed by atoms with Crippen LogP contribution in [0, 0.1) is 5.41 Å². The highest BCUT2D eigenvalue weighted by atomic mass is 35.5. The van der Waals surface area contributed by atoms with Crippen molar-refractivity contribution in [2.75, 3.05) is 45.9 Å². The molecule has 6 rings (SSSR count). The van der Waals surface area contributed by atoms with Gasteiger partial charge in [0.15, 0.2) is 5.72 Å². The molecule has 3 saturated heterocycles. The number of amides is 1. The number of likely N-dealkylation sites (tertiary alicyclic amines) is 1. The van der Waals surface area contributed by atoms with Crippen LogP contribution in [0.4, 0.5) is 0 Å². The maximum atomic E-state index is 13.6. The maximum Gasteiger partial charge on any atom is 0.243 e. The fraction of sp³-hybridized carbons (Fsp3) is 0.414. The third kappa shape index (κ3) is 4.96. The number of rotatable bonds is 5. The molecule has 0 radical (unpaired) electrons. The minimum atomic E-state index is -4.01. The Morgan fingerprint density at radius 1 is 0.949 bits per heavy atom. The number of carbonyl (C=O) groups excluding carboxylic acids is 1. The summed E-state index contributed by atoms with van der Waals surface area (Å²) in [4.78, 5) is 17.6. The summed E-state index contributed by atoms with van der Waals surface area (Å²) >= 11 is 6.07. The molecule has 206 valence electrons. The summed E-state index contributed by atoms with van der Waals surface area (Å²) in [6.07, 6.45) is 1.74. The van der Waals surface area contributed by atoms with E-state index in [0.29, 0.717) is 18.2 Å². The van der Waals surface area contributed by atoms with E-state index in [0.717, 1.165) is 47.6 Å². The van der Waals surface area contributed by atoms with Crippen molar-refractivity contribution in [3.8, 4) is 0 Å². The van der Waals surface area contributed by atoms with Gasteiger partial charge in [-0.05, 0) is 66.5 Å². The summed E-state index contributed by atoms with van der Waals surface area (Å²) in [5, 5.41) is 12.6. The molecule has 1 atom stereocenters. The zero-order valence-corrected chi connectivity index (χ0v) is 23.2. The largest absolute Gasteiger partial charge is 0.391 e. The third-order valence-corrected chi connectivity index (χ3v) is 10.5. The summed E-state index contributed by atoms with van der Waals surface area (Å²) < 4.78 is 34.7. The molecule has 39 heavy (non-hydrogen) atoms. The van der Waals surface area contributed by atoms with Gasteiger partial charge in [0, 0.05) is 23.5 Å². The second-order valence-corrected chi connectivity index (χ2v) is 13.4. The quantitative estimate of drug-likeness (QED) is 0.507. The molecule has 3 fully saturated rings. The minimum Gasteiger partial charge on any atom is -0.391 e. The molecule has 3 aromatic carbocycles. The Bertz CT molecular complexity index is 1490. The van der Waals surface area contributed by atoms with Gasteiger partial charge in [0.25, 0.3) is 0 Å². The predicted molar refractivity (Wildman–Crippen MR) is 149 cm³/mol. The molecule has 1 spiro atoms. The second-order valence-electron chi connectivity index (χ2n) is 11.1. The van der Waals surface area contributed by atoms with Crippen molar-refractivity contribution < 1.29 is 23.1 Å². The van der Waals surface area contributed by atoms with Gasteiger partial charge < -0.3 is 14.7 Å². The van der Waals surface area contributed by atoms with E-state index in [4.69, 9.17) is 16.3 Å². The molecule has 10 heteroatoms. The van der Waals surface area contributed by atoms with Gasteiger partial charge in [-0.2, -0.15) is 4.31 Å². The van der Waals surface area contributed by atoms with Crippen LogP contribution in [0.1, 0.15) is 18.4 Å². The van der Waals surface area contributed by atoms with E-state index in [1.54, 1.807) is 35.2 Å².